The minimum atomic E-state index is 0.0287. The van der Waals surface area contributed by atoms with Crippen molar-refractivity contribution in [3.63, 3.8) is 0 Å². The van der Waals surface area contributed by atoms with Crippen LogP contribution >= 0.6 is 11.6 Å². The van der Waals surface area contributed by atoms with Gasteiger partial charge in [-0.3, -0.25) is 0 Å². The highest BCUT2D eigenvalue weighted by Crippen LogP contribution is 2.32. The van der Waals surface area contributed by atoms with Crippen LogP contribution in [-0.4, -0.2) is 4.57 Å². The van der Waals surface area contributed by atoms with Crippen molar-refractivity contribution in [1.29, 1.82) is 0 Å². The number of nitrogens with zero attached hydrogens (tertiary/aromatic N) is 1. The molecule has 1 atom stereocenters. The second-order valence-corrected chi connectivity index (χ2v) is 4.92. The molecule has 16 heavy (non-hydrogen) atoms. The van der Waals surface area contributed by atoms with Crippen LogP contribution < -0.4 is 5.73 Å². The van der Waals surface area contributed by atoms with Crippen LogP contribution in [0.1, 0.15) is 38.4 Å². The molecule has 1 heterocycles. The molecule has 2 aromatic rings. The third-order valence-corrected chi connectivity index (χ3v) is 3.19. The number of aromatic nitrogens is 1. The van der Waals surface area contributed by atoms with Gasteiger partial charge < -0.3 is 10.3 Å². The first kappa shape index (κ1) is 11.5. The van der Waals surface area contributed by atoms with Gasteiger partial charge in [-0.05, 0) is 32.4 Å². The molecule has 0 amide bonds. The monoisotopic (exact) mass is 236 g/mol. The van der Waals surface area contributed by atoms with E-state index in [1.807, 2.05) is 19.1 Å². The van der Waals surface area contributed by atoms with Gasteiger partial charge in [-0.2, -0.15) is 0 Å². The van der Waals surface area contributed by atoms with Crippen molar-refractivity contribution >= 4 is 22.5 Å². The lowest BCUT2D eigenvalue weighted by molar-refractivity contribution is 0.618. The van der Waals surface area contributed by atoms with Gasteiger partial charge in [-0.1, -0.05) is 23.7 Å². The Hall–Kier alpha value is -0.990. The van der Waals surface area contributed by atoms with E-state index in [1.54, 1.807) is 0 Å². The van der Waals surface area contributed by atoms with Crippen molar-refractivity contribution in [1.82, 2.24) is 4.57 Å². The molecule has 0 fully saturated rings. The van der Waals surface area contributed by atoms with Crippen LogP contribution in [0, 0.1) is 0 Å². The minimum absolute atomic E-state index is 0.0287. The molecule has 0 spiro atoms. The van der Waals surface area contributed by atoms with Crippen molar-refractivity contribution in [3.05, 3.63) is 35.0 Å². The molecular formula is C13H17ClN2. The molecular weight excluding hydrogens is 220 g/mol. The molecule has 0 saturated carbocycles. The molecule has 2 N–H and O–H groups in total. The molecule has 0 saturated heterocycles. The zero-order chi connectivity index (χ0) is 11.9. The van der Waals surface area contributed by atoms with E-state index in [4.69, 9.17) is 17.3 Å². The van der Waals surface area contributed by atoms with E-state index in [0.29, 0.717) is 6.04 Å². The lowest BCUT2D eigenvalue weighted by Gasteiger charge is -2.09. The van der Waals surface area contributed by atoms with Crippen LogP contribution in [0.2, 0.25) is 5.02 Å². The smallest absolute Gasteiger partial charge is 0.0675 e. The van der Waals surface area contributed by atoms with Crippen LogP contribution in [-0.2, 0) is 0 Å². The van der Waals surface area contributed by atoms with Gasteiger partial charge in [0.2, 0.25) is 0 Å². The molecule has 1 aromatic carbocycles. The first-order valence-electron chi connectivity index (χ1n) is 5.57. The molecule has 0 bridgehead atoms. The standard InChI is InChI=1S/C13H17ClN2/c1-8(2)16-7-11(9(3)15)10-5-4-6-12(14)13(10)16/h4-9H,15H2,1-3H3. The molecule has 1 aromatic heterocycles. The summed E-state index contributed by atoms with van der Waals surface area (Å²) in [4.78, 5) is 0. The molecule has 0 radical (unpaired) electrons. The number of para-hydroxylation sites is 1. The second kappa shape index (κ2) is 4.11. The molecule has 2 rings (SSSR count). The summed E-state index contributed by atoms with van der Waals surface area (Å²) >= 11 is 6.26. The zero-order valence-electron chi connectivity index (χ0n) is 9.87. The fourth-order valence-electron chi connectivity index (χ4n) is 2.06. The van der Waals surface area contributed by atoms with Gasteiger partial charge in [0.1, 0.15) is 0 Å². The Bertz CT molecular complexity index is 512. The molecule has 1 unspecified atom stereocenters. The maximum Gasteiger partial charge on any atom is 0.0675 e. The maximum atomic E-state index is 6.26. The Kier molecular flexibility index (Phi) is 2.96. The number of benzene rings is 1. The average molecular weight is 237 g/mol. The maximum absolute atomic E-state index is 6.26. The Balaban J connectivity index is 2.82. The summed E-state index contributed by atoms with van der Waals surface area (Å²) in [6, 6.07) is 6.39. The van der Waals surface area contributed by atoms with Gasteiger partial charge in [0.05, 0.1) is 10.5 Å². The van der Waals surface area contributed by atoms with Crippen molar-refractivity contribution in [3.8, 4) is 0 Å². The van der Waals surface area contributed by atoms with Gasteiger partial charge in [0.25, 0.3) is 0 Å². The summed E-state index contributed by atoms with van der Waals surface area (Å²) in [7, 11) is 0. The summed E-state index contributed by atoms with van der Waals surface area (Å²) < 4.78 is 2.19. The van der Waals surface area contributed by atoms with Crippen LogP contribution in [0.25, 0.3) is 10.9 Å². The first-order chi connectivity index (χ1) is 7.52. The van der Waals surface area contributed by atoms with Crippen molar-refractivity contribution in [2.24, 2.45) is 5.73 Å². The lowest BCUT2D eigenvalue weighted by Crippen LogP contribution is -2.04. The van der Waals surface area contributed by atoms with E-state index in [9.17, 15) is 0 Å². The van der Waals surface area contributed by atoms with Crippen molar-refractivity contribution in [2.75, 3.05) is 0 Å². The normalized spacial score (nSPS) is 13.6. The highest BCUT2D eigenvalue weighted by atomic mass is 35.5. The topological polar surface area (TPSA) is 30.9 Å². The number of halogens is 1. The first-order valence-corrected chi connectivity index (χ1v) is 5.94. The molecule has 3 heteroatoms. The van der Waals surface area contributed by atoms with Crippen LogP contribution in [0.5, 0.6) is 0 Å². The predicted octanol–water partition coefficient (Wildman–Crippen LogP) is 3.90. The summed E-state index contributed by atoms with van der Waals surface area (Å²) in [6.07, 6.45) is 2.12. The molecule has 0 aliphatic carbocycles. The second-order valence-electron chi connectivity index (χ2n) is 4.51. The number of rotatable bonds is 2. The van der Waals surface area contributed by atoms with E-state index in [0.717, 1.165) is 21.5 Å². The fourth-order valence-corrected chi connectivity index (χ4v) is 2.34. The highest BCUT2D eigenvalue weighted by molar-refractivity contribution is 6.35. The Morgan fingerprint density at radius 2 is 1.94 bits per heavy atom. The van der Waals surface area contributed by atoms with Crippen molar-refractivity contribution in [2.45, 2.75) is 32.9 Å². The summed E-state index contributed by atoms with van der Waals surface area (Å²) in [5, 5.41) is 1.95. The van der Waals surface area contributed by atoms with E-state index in [1.165, 1.54) is 0 Å². The van der Waals surface area contributed by atoms with Gasteiger partial charge >= 0.3 is 0 Å². The lowest BCUT2D eigenvalue weighted by atomic mass is 10.1. The molecule has 0 aliphatic rings. The van der Waals surface area contributed by atoms with E-state index in [-0.39, 0.29) is 6.04 Å². The third-order valence-electron chi connectivity index (χ3n) is 2.88. The minimum Gasteiger partial charge on any atom is -0.343 e. The Morgan fingerprint density at radius 1 is 1.25 bits per heavy atom. The number of hydrogen-bond acceptors (Lipinski definition) is 1. The van der Waals surface area contributed by atoms with Gasteiger partial charge in [0, 0.05) is 23.7 Å². The molecule has 0 aliphatic heterocycles. The van der Waals surface area contributed by atoms with Gasteiger partial charge in [-0.15, -0.1) is 0 Å². The number of nitrogens with two attached hydrogens (primary N) is 1. The summed E-state index contributed by atoms with van der Waals surface area (Å²) in [5.41, 5.74) is 8.23. The fraction of sp³-hybridized carbons (Fsp3) is 0.385. The Morgan fingerprint density at radius 3 is 2.50 bits per heavy atom. The molecule has 86 valence electrons. The predicted molar refractivity (Wildman–Crippen MR) is 69.9 cm³/mol. The van der Waals surface area contributed by atoms with Gasteiger partial charge in [0.15, 0.2) is 0 Å². The largest absolute Gasteiger partial charge is 0.343 e. The van der Waals surface area contributed by atoms with Crippen LogP contribution in [0.15, 0.2) is 24.4 Å². The molecule has 2 nitrogen and oxygen atoms in total. The summed E-state index contributed by atoms with van der Waals surface area (Å²) in [5.74, 6) is 0. The third kappa shape index (κ3) is 1.72. The van der Waals surface area contributed by atoms with Crippen LogP contribution in [0.4, 0.5) is 0 Å². The average Bonchev–Trinajstić information content (AvgIpc) is 2.58. The Labute approximate surface area is 101 Å². The summed E-state index contributed by atoms with van der Waals surface area (Å²) in [6.45, 7) is 6.29. The van der Waals surface area contributed by atoms with E-state index >= 15 is 0 Å². The zero-order valence-corrected chi connectivity index (χ0v) is 10.6. The highest BCUT2D eigenvalue weighted by Gasteiger charge is 2.14. The van der Waals surface area contributed by atoms with Gasteiger partial charge in [-0.25, -0.2) is 0 Å². The van der Waals surface area contributed by atoms with E-state index in [2.05, 4.69) is 30.7 Å². The quantitative estimate of drug-likeness (QED) is 0.843. The SMILES string of the molecule is CC(N)c1cn(C(C)C)c2c(Cl)cccc12. The van der Waals surface area contributed by atoms with E-state index < -0.39 is 0 Å². The van der Waals surface area contributed by atoms with Crippen molar-refractivity contribution < 1.29 is 0 Å². The number of hydrogen-bond donors (Lipinski definition) is 1. The van der Waals surface area contributed by atoms with Crippen LogP contribution in [0.3, 0.4) is 0 Å². The number of fused-ring (bicyclic) bond motifs is 1.